The van der Waals surface area contributed by atoms with Crippen molar-refractivity contribution >= 4 is 5.78 Å². The van der Waals surface area contributed by atoms with Crippen molar-refractivity contribution < 1.29 is 4.79 Å². The highest BCUT2D eigenvalue weighted by Crippen LogP contribution is 2.68. The maximum atomic E-state index is 11.9. The molecule has 0 amide bonds. The minimum atomic E-state index is 0.426. The summed E-state index contributed by atoms with van der Waals surface area (Å²) in [6.07, 6.45) is 3.50. The maximum absolute atomic E-state index is 11.9. The zero-order valence-electron chi connectivity index (χ0n) is 10.8. The second-order valence-corrected chi connectivity index (χ2v) is 6.77. The smallest absolute Gasteiger partial charge is 0.159 e. The SMILES string of the molecule is CC1=C2[C@@H](CC1=O)[C@@H](C)CC[C@H]1[C@@H]2C1(C)C. The van der Waals surface area contributed by atoms with Gasteiger partial charge in [-0.15, -0.1) is 0 Å². The molecule has 3 aliphatic rings. The van der Waals surface area contributed by atoms with Gasteiger partial charge in [0.15, 0.2) is 5.78 Å². The lowest BCUT2D eigenvalue weighted by Gasteiger charge is -2.22. The number of Topliss-reactive ketones (excluding diaryl/α,β-unsaturated/α-hetero) is 1. The molecule has 3 rings (SSSR count). The molecular weight excluding hydrogens is 196 g/mol. The van der Waals surface area contributed by atoms with Crippen molar-refractivity contribution in [1.82, 2.24) is 0 Å². The van der Waals surface area contributed by atoms with Gasteiger partial charge in [-0.05, 0) is 54.4 Å². The number of carbonyl (C=O) groups is 1. The summed E-state index contributed by atoms with van der Waals surface area (Å²) < 4.78 is 0. The fourth-order valence-corrected chi connectivity index (χ4v) is 4.42. The van der Waals surface area contributed by atoms with E-state index in [0.29, 0.717) is 17.1 Å². The molecule has 0 N–H and O–H groups in total. The molecule has 2 fully saturated rings. The van der Waals surface area contributed by atoms with Crippen LogP contribution in [0.3, 0.4) is 0 Å². The van der Waals surface area contributed by atoms with Gasteiger partial charge in [-0.25, -0.2) is 0 Å². The van der Waals surface area contributed by atoms with E-state index in [1.807, 2.05) is 0 Å². The van der Waals surface area contributed by atoms with Gasteiger partial charge < -0.3 is 0 Å². The average molecular weight is 218 g/mol. The van der Waals surface area contributed by atoms with Crippen molar-refractivity contribution in [3.8, 4) is 0 Å². The van der Waals surface area contributed by atoms with Crippen LogP contribution in [0.25, 0.3) is 0 Å². The number of allylic oxidation sites excluding steroid dienone is 2. The van der Waals surface area contributed by atoms with Gasteiger partial charge in [-0.2, -0.15) is 0 Å². The van der Waals surface area contributed by atoms with E-state index in [9.17, 15) is 4.79 Å². The summed E-state index contributed by atoms with van der Waals surface area (Å²) in [6, 6.07) is 0. The monoisotopic (exact) mass is 218 g/mol. The molecular formula is C15H22O. The third kappa shape index (κ3) is 1.15. The molecule has 0 spiro atoms. The van der Waals surface area contributed by atoms with Gasteiger partial charge in [0.2, 0.25) is 0 Å². The molecule has 0 aliphatic heterocycles. The average Bonchev–Trinajstić information content (AvgIpc) is 2.68. The summed E-state index contributed by atoms with van der Waals surface area (Å²) in [5.74, 6) is 3.32. The molecule has 0 saturated heterocycles. The number of carbonyl (C=O) groups excluding carboxylic acids is 1. The van der Waals surface area contributed by atoms with Gasteiger partial charge >= 0.3 is 0 Å². The Morgan fingerprint density at radius 1 is 1.25 bits per heavy atom. The molecule has 0 radical (unpaired) electrons. The van der Waals surface area contributed by atoms with Crippen molar-refractivity contribution in [3.05, 3.63) is 11.1 Å². The third-order valence-corrected chi connectivity index (χ3v) is 5.66. The summed E-state index contributed by atoms with van der Waals surface area (Å²) >= 11 is 0. The highest BCUT2D eigenvalue weighted by Gasteiger charge is 2.62. The van der Waals surface area contributed by atoms with E-state index in [-0.39, 0.29) is 0 Å². The fraction of sp³-hybridized carbons (Fsp3) is 0.800. The Morgan fingerprint density at radius 3 is 2.62 bits per heavy atom. The molecule has 0 aromatic heterocycles. The van der Waals surface area contributed by atoms with Crippen molar-refractivity contribution in [2.75, 3.05) is 0 Å². The van der Waals surface area contributed by atoms with E-state index >= 15 is 0 Å². The van der Waals surface area contributed by atoms with Crippen molar-refractivity contribution in [1.29, 1.82) is 0 Å². The van der Waals surface area contributed by atoms with Gasteiger partial charge in [0.1, 0.15) is 0 Å². The summed E-state index contributed by atoms with van der Waals surface area (Å²) in [6.45, 7) is 9.19. The van der Waals surface area contributed by atoms with Crippen LogP contribution in [-0.2, 0) is 4.79 Å². The molecule has 0 heterocycles. The highest BCUT2D eigenvalue weighted by molar-refractivity contribution is 5.99. The van der Waals surface area contributed by atoms with E-state index < -0.39 is 0 Å². The number of hydrogen-bond donors (Lipinski definition) is 0. The Bertz CT molecular complexity index is 388. The number of hydrogen-bond acceptors (Lipinski definition) is 1. The normalized spacial score (nSPS) is 45.1. The van der Waals surface area contributed by atoms with Crippen LogP contribution >= 0.6 is 0 Å². The van der Waals surface area contributed by atoms with Crippen LogP contribution < -0.4 is 0 Å². The second kappa shape index (κ2) is 3.00. The van der Waals surface area contributed by atoms with Crippen LogP contribution in [0.5, 0.6) is 0 Å². The third-order valence-electron chi connectivity index (χ3n) is 5.66. The van der Waals surface area contributed by atoms with Gasteiger partial charge in [-0.3, -0.25) is 4.79 Å². The lowest BCUT2D eigenvalue weighted by molar-refractivity contribution is -0.115. The zero-order chi connectivity index (χ0) is 11.7. The van der Waals surface area contributed by atoms with Gasteiger partial charge in [0.05, 0.1) is 0 Å². The summed E-state index contributed by atoms with van der Waals surface area (Å²) in [4.78, 5) is 11.9. The van der Waals surface area contributed by atoms with Crippen LogP contribution in [-0.4, -0.2) is 5.78 Å². The van der Waals surface area contributed by atoms with Crippen LogP contribution in [0.1, 0.15) is 47.0 Å². The van der Waals surface area contributed by atoms with Gasteiger partial charge in [0.25, 0.3) is 0 Å². The lowest BCUT2D eigenvalue weighted by Crippen LogP contribution is -2.14. The Hall–Kier alpha value is -0.590. The first kappa shape index (κ1) is 10.6. The van der Waals surface area contributed by atoms with E-state index in [2.05, 4.69) is 27.7 Å². The Balaban J connectivity index is 2.05. The number of ketones is 1. The van der Waals surface area contributed by atoms with Crippen LogP contribution in [0.4, 0.5) is 0 Å². The summed E-state index contributed by atoms with van der Waals surface area (Å²) in [5.41, 5.74) is 3.16. The van der Waals surface area contributed by atoms with Crippen LogP contribution in [0, 0.1) is 29.1 Å². The first-order valence-electron chi connectivity index (χ1n) is 6.68. The standard InChI is InChI=1S/C15H22O/c1-8-5-6-11-14(15(11,3)4)13-9(2)12(16)7-10(8)13/h8,10-11,14H,5-7H2,1-4H3/t8-,10-,11-,14-/m0/s1. The molecule has 0 unspecified atom stereocenters. The Kier molecular flexibility index (Phi) is 1.98. The molecule has 0 bridgehead atoms. The molecule has 16 heavy (non-hydrogen) atoms. The van der Waals surface area contributed by atoms with Crippen molar-refractivity contribution in [2.24, 2.45) is 29.1 Å². The number of rotatable bonds is 0. The lowest BCUT2D eigenvalue weighted by atomic mass is 9.82. The summed E-state index contributed by atoms with van der Waals surface area (Å²) in [7, 11) is 0. The first-order valence-corrected chi connectivity index (χ1v) is 6.68. The van der Waals surface area contributed by atoms with Crippen LogP contribution in [0.2, 0.25) is 0 Å². The predicted octanol–water partition coefficient (Wildman–Crippen LogP) is 3.59. The molecule has 0 aromatic carbocycles. The van der Waals surface area contributed by atoms with E-state index in [0.717, 1.165) is 29.7 Å². The first-order chi connectivity index (χ1) is 7.44. The molecule has 2 saturated carbocycles. The van der Waals surface area contributed by atoms with E-state index in [4.69, 9.17) is 0 Å². The topological polar surface area (TPSA) is 17.1 Å². The highest BCUT2D eigenvalue weighted by atomic mass is 16.1. The Labute approximate surface area is 98.3 Å². The molecule has 1 nitrogen and oxygen atoms in total. The number of fused-ring (bicyclic) bond motifs is 3. The van der Waals surface area contributed by atoms with Crippen molar-refractivity contribution in [2.45, 2.75) is 47.0 Å². The van der Waals surface area contributed by atoms with E-state index in [1.54, 1.807) is 5.57 Å². The molecule has 4 atom stereocenters. The molecule has 0 aromatic rings. The molecule has 88 valence electrons. The zero-order valence-corrected chi connectivity index (χ0v) is 10.8. The molecule has 3 aliphatic carbocycles. The fourth-order valence-electron chi connectivity index (χ4n) is 4.42. The quantitative estimate of drug-likeness (QED) is 0.607. The van der Waals surface area contributed by atoms with Crippen molar-refractivity contribution in [3.63, 3.8) is 0 Å². The maximum Gasteiger partial charge on any atom is 0.159 e. The molecule has 1 heteroatoms. The minimum absolute atomic E-state index is 0.426. The van der Waals surface area contributed by atoms with Gasteiger partial charge in [0, 0.05) is 6.42 Å². The minimum Gasteiger partial charge on any atom is -0.295 e. The van der Waals surface area contributed by atoms with Gasteiger partial charge in [-0.1, -0.05) is 26.3 Å². The predicted molar refractivity (Wildman–Crippen MR) is 65.0 cm³/mol. The van der Waals surface area contributed by atoms with E-state index in [1.165, 1.54) is 12.8 Å². The Morgan fingerprint density at radius 2 is 1.94 bits per heavy atom. The summed E-state index contributed by atoms with van der Waals surface area (Å²) in [5, 5.41) is 0. The largest absolute Gasteiger partial charge is 0.295 e. The second-order valence-electron chi connectivity index (χ2n) is 6.77. The van der Waals surface area contributed by atoms with Crippen LogP contribution in [0.15, 0.2) is 11.1 Å².